The first-order chi connectivity index (χ1) is 5.49. The van der Waals surface area contributed by atoms with Crippen molar-refractivity contribution < 1.29 is 0 Å². The van der Waals surface area contributed by atoms with E-state index in [0.29, 0.717) is 0 Å². The number of hydrogen-bond acceptors (Lipinski definition) is 1. The Kier molecular flexibility index (Phi) is 3.24. The third-order valence-electron chi connectivity index (χ3n) is 1.19. The second-order valence-electron chi connectivity index (χ2n) is 3.57. The monoisotopic (exact) mass is 243 g/mol. The first-order valence-electron chi connectivity index (χ1n) is 3.84. The average molecular weight is 244 g/mol. The summed E-state index contributed by atoms with van der Waals surface area (Å²) in [5.41, 5.74) is 0. The van der Waals surface area contributed by atoms with E-state index >= 15 is 0 Å². The molecule has 0 aliphatic carbocycles. The Labute approximate surface area is 86.9 Å². The van der Waals surface area contributed by atoms with Crippen molar-refractivity contribution >= 4 is 27.7 Å². The van der Waals surface area contributed by atoms with Gasteiger partial charge in [-0.1, -0.05) is 26.8 Å². The Bertz CT molecular complexity index is 263. The number of rotatable bonds is 1. The lowest BCUT2D eigenvalue weighted by Gasteiger charge is -2.18. The van der Waals surface area contributed by atoms with E-state index in [-0.39, 0.29) is 4.75 Å². The van der Waals surface area contributed by atoms with Crippen LogP contribution in [-0.2, 0) is 0 Å². The van der Waals surface area contributed by atoms with Crippen LogP contribution in [0.25, 0.3) is 0 Å². The molecule has 1 rings (SSSR count). The van der Waals surface area contributed by atoms with E-state index in [1.165, 1.54) is 4.90 Å². The van der Waals surface area contributed by atoms with Crippen molar-refractivity contribution in [2.75, 3.05) is 0 Å². The highest BCUT2D eigenvalue weighted by atomic mass is 79.9. The van der Waals surface area contributed by atoms with Gasteiger partial charge in [-0.25, -0.2) is 0 Å². The minimum atomic E-state index is 0.268. The molecule has 0 saturated heterocycles. The summed E-state index contributed by atoms with van der Waals surface area (Å²) in [5, 5.41) is 0. The molecule has 12 heavy (non-hydrogen) atoms. The Morgan fingerprint density at radius 2 is 2.08 bits per heavy atom. The Morgan fingerprint density at radius 1 is 1.42 bits per heavy atom. The summed E-state index contributed by atoms with van der Waals surface area (Å²) < 4.78 is 1.40. The zero-order valence-corrected chi connectivity index (χ0v) is 9.92. The van der Waals surface area contributed by atoms with Gasteiger partial charge in [0.05, 0.1) is 0 Å². The Hall–Kier alpha value is 0.0500. The maximum Gasteiger partial charge on any atom is 0.0317 e. The number of halogens is 1. The summed E-state index contributed by atoms with van der Waals surface area (Å²) in [6, 6.07) is 9.01. The first kappa shape index (κ1) is 10.1. The number of benzene rings is 1. The molecule has 2 heteroatoms. The van der Waals surface area contributed by atoms with Crippen molar-refractivity contribution in [1.82, 2.24) is 0 Å². The maximum absolute atomic E-state index is 3.50. The molecule has 0 unspecified atom stereocenters. The number of hydrogen-bond donors (Lipinski definition) is 0. The predicted octanol–water partition coefficient (Wildman–Crippen LogP) is 4.14. The molecule has 1 radical (unpaired) electrons. The van der Waals surface area contributed by atoms with Gasteiger partial charge in [0.15, 0.2) is 0 Å². The van der Waals surface area contributed by atoms with Crippen molar-refractivity contribution in [3.63, 3.8) is 0 Å². The van der Waals surface area contributed by atoms with Crippen LogP contribution in [0.1, 0.15) is 20.8 Å². The lowest BCUT2D eigenvalue weighted by atomic mass is 10.3. The molecule has 0 heterocycles. The number of thioether (sulfide) groups is 1. The van der Waals surface area contributed by atoms with Gasteiger partial charge in [-0.3, -0.25) is 0 Å². The third kappa shape index (κ3) is 3.20. The van der Waals surface area contributed by atoms with Gasteiger partial charge < -0.3 is 0 Å². The fraction of sp³-hybridized carbons (Fsp3) is 0.400. The lowest BCUT2D eigenvalue weighted by molar-refractivity contribution is 0.802. The van der Waals surface area contributed by atoms with Gasteiger partial charge >= 0.3 is 0 Å². The second kappa shape index (κ2) is 3.84. The van der Waals surface area contributed by atoms with Crippen molar-refractivity contribution in [2.24, 2.45) is 0 Å². The van der Waals surface area contributed by atoms with E-state index in [1.807, 2.05) is 23.9 Å². The van der Waals surface area contributed by atoms with E-state index in [0.717, 1.165) is 4.47 Å². The van der Waals surface area contributed by atoms with E-state index in [1.54, 1.807) is 0 Å². The van der Waals surface area contributed by atoms with Gasteiger partial charge in [-0.15, -0.1) is 11.8 Å². The highest BCUT2D eigenvalue weighted by Crippen LogP contribution is 2.35. The molecule has 0 aliphatic heterocycles. The summed E-state index contributed by atoms with van der Waals surface area (Å²) in [6.07, 6.45) is 0. The van der Waals surface area contributed by atoms with Crippen molar-refractivity contribution in [3.8, 4) is 0 Å². The molecule has 0 amide bonds. The van der Waals surface area contributed by atoms with Crippen molar-refractivity contribution in [3.05, 3.63) is 28.7 Å². The molecule has 0 nitrogen and oxygen atoms in total. The normalized spacial score (nSPS) is 11.7. The van der Waals surface area contributed by atoms with Crippen LogP contribution in [0.4, 0.5) is 0 Å². The molecule has 0 saturated carbocycles. The first-order valence-corrected chi connectivity index (χ1v) is 5.44. The topological polar surface area (TPSA) is 0 Å². The lowest BCUT2D eigenvalue weighted by Crippen LogP contribution is -2.06. The molecule has 0 atom stereocenters. The minimum Gasteiger partial charge on any atom is -0.119 e. The summed E-state index contributed by atoms with van der Waals surface area (Å²) in [4.78, 5) is 1.28. The van der Waals surface area contributed by atoms with Gasteiger partial charge in [-0.2, -0.15) is 0 Å². The SMILES string of the molecule is CC(C)(C)Sc1cc[c]cc1Br. The molecule has 0 bridgehead atoms. The van der Waals surface area contributed by atoms with Crippen LogP contribution in [0.5, 0.6) is 0 Å². The summed E-state index contributed by atoms with van der Waals surface area (Å²) in [7, 11) is 0. The molecule has 1 aromatic rings. The molecular formula is C10H12BrS. The molecule has 65 valence electrons. The van der Waals surface area contributed by atoms with Gasteiger partial charge in [0.25, 0.3) is 0 Å². The van der Waals surface area contributed by atoms with E-state index in [9.17, 15) is 0 Å². The van der Waals surface area contributed by atoms with Gasteiger partial charge in [-0.05, 0) is 34.1 Å². The van der Waals surface area contributed by atoms with Crippen LogP contribution in [-0.4, -0.2) is 4.75 Å². The van der Waals surface area contributed by atoms with E-state index in [4.69, 9.17) is 0 Å². The molecule has 0 spiro atoms. The summed E-state index contributed by atoms with van der Waals surface area (Å²) in [5.74, 6) is 0. The molecule has 0 fully saturated rings. The zero-order chi connectivity index (χ0) is 9.19. The summed E-state index contributed by atoms with van der Waals surface area (Å²) >= 11 is 5.36. The van der Waals surface area contributed by atoms with Gasteiger partial charge in [0, 0.05) is 14.1 Å². The molecule has 1 aromatic carbocycles. The Morgan fingerprint density at radius 3 is 2.58 bits per heavy atom. The highest BCUT2D eigenvalue weighted by Gasteiger charge is 2.13. The third-order valence-corrected chi connectivity index (χ3v) is 3.30. The molecular weight excluding hydrogens is 232 g/mol. The zero-order valence-electron chi connectivity index (χ0n) is 7.52. The molecule has 0 aromatic heterocycles. The second-order valence-corrected chi connectivity index (χ2v) is 6.29. The van der Waals surface area contributed by atoms with Crippen LogP contribution in [0.3, 0.4) is 0 Å². The fourth-order valence-electron chi connectivity index (χ4n) is 0.808. The summed E-state index contributed by atoms with van der Waals surface area (Å²) in [6.45, 7) is 6.63. The molecule has 0 aliphatic rings. The Balaban J connectivity index is 2.83. The largest absolute Gasteiger partial charge is 0.119 e. The van der Waals surface area contributed by atoms with Crippen LogP contribution in [0, 0.1) is 6.07 Å². The van der Waals surface area contributed by atoms with Crippen LogP contribution < -0.4 is 0 Å². The van der Waals surface area contributed by atoms with E-state index in [2.05, 4.69) is 48.8 Å². The van der Waals surface area contributed by atoms with Crippen LogP contribution in [0.2, 0.25) is 0 Å². The average Bonchev–Trinajstić information content (AvgIpc) is 1.91. The minimum absolute atomic E-state index is 0.268. The van der Waals surface area contributed by atoms with Gasteiger partial charge in [0.2, 0.25) is 0 Å². The quantitative estimate of drug-likeness (QED) is 0.669. The smallest absolute Gasteiger partial charge is 0.0317 e. The highest BCUT2D eigenvalue weighted by molar-refractivity contribution is 9.10. The maximum atomic E-state index is 3.50. The molecule has 0 N–H and O–H groups in total. The fourth-order valence-corrected chi connectivity index (χ4v) is 2.27. The van der Waals surface area contributed by atoms with Crippen LogP contribution >= 0.6 is 27.7 Å². The van der Waals surface area contributed by atoms with Gasteiger partial charge in [0.1, 0.15) is 0 Å². The standard InChI is InChI=1S/C10H12BrS/c1-10(2,3)12-9-7-5-4-6-8(9)11/h5-7H,1-3H3. The van der Waals surface area contributed by atoms with Crippen molar-refractivity contribution in [1.29, 1.82) is 0 Å². The predicted molar refractivity (Wildman–Crippen MR) is 58.6 cm³/mol. The van der Waals surface area contributed by atoms with Crippen LogP contribution in [0.15, 0.2) is 27.6 Å². The van der Waals surface area contributed by atoms with Crippen molar-refractivity contribution in [2.45, 2.75) is 30.4 Å². The van der Waals surface area contributed by atoms with E-state index < -0.39 is 0 Å².